The minimum Gasteiger partial charge on any atom is -0.390 e. The van der Waals surface area contributed by atoms with E-state index in [9.17, 15) is 5.11 Å². The Hall–Kier alpha value is -0.120. The summed E-state index contributed by atoms with van der Waals surface area (Å²) >= 11 is 0. The van der Waals surface area contributed by atoms with Gasteiger partial charge >= 0.3 is 0 Å². The second kappa shape index (κ2) is 6.35. The Labute approximate surface area is 80.0 Å². The predicted molar refractivity (Wildman–Crippen MR) is 50.7 cm³/mol. The van der Waals surface area contributed by atoms with E-state index < -0.39 is 0 Å². The molecule has 0 heterocycles. The third kappa shape index (κ3) is 4.07. The fraction of sp³-hybridized carbons (Fsp3) is 1.00. The van der Waals surface area contributed by atoms with Crippen LogP contribution in [0.4, 0.5) is 0 Å². The first kappa shape index (κ1) is 11.0. The zero-order chi connectivity index (χ0) is 9.52. The van der Waals surface area contributed by atoms with Gasteiger partial charge in [0.1, 0.15) is 0 Å². The monoisotopic (exact) mass is 188 g/mol. The third-order valence-electron chi connectivity index (χ3n) is 2.66. The molecule has 0 aromatic heterocycles. The summed E-state index contributed by atoms with van der Waals surface area (Å²) in [5.41, 5.74) is 0. The molecule has 3 heteroatoms. The van der Waals surface area contributed by atoms with Gasteiger partial charge in [-0.3, -0.25) is 0 Å². The third-order valence-corrected chi connectivity index (χ3v) is 2.66. The molecule has 0 bridgehead atoms. The van der Waals surface area contributed by atoms with Crippen molar-refractivity contribution in [2.24, 2.45) is 5.92 Å². The van der Waals surface area contributed by atoms with Gasteiger partial charge < -0.3 is 14.6 Å². The van der Waals surface area contributed by atoms with Crippen LogP contribution in [0.5, 0.6) is 0 Å². The minimum absolute atomic E-state index is 0.264. The fourth-order valence-corrected chi connectivity index (χ4v) is 1.82. The first-order valence-electron chi connectivity index (χ1n) is 5.09. The normalized spacial score (nSPS) is 20.8. The molecule has 1 fully saturated rings. The maximum absolute atomic E-state index is 9.68. The van der Waals surface area contributed by atoms with Crippen molar-refractivity contribution in [3.8, 4) is 0 Å². The van der Waals surface area contributed by atoms with Crippen molar-refractivity contribution in [1.29, 1.82) is 0 Å². The molecular weight excluding hydrogens is 168 g/mol. The van der Waals surface area contributed by atoms with E-state index in [4.69, 9.17) is 9.47 Å². The van der Waals surface area contributed by atoms with E-state index in [-0.39, 0.29) is 6.10 Å². The summed E-state index contributed by atoms with van der Waals surface area (Å²) in [7, 11) is 1.65. The van der Waals surface area contributed by atoms with E-state index in [2.05, 4.69) is 0 Å². The second-order valence-electron chi connectivity index (χ2n) is 3.68. The molecule has 1 N–H and O–H groups in total. The van der Waals surface area contributed by atoms with Gasteiger partial charge in [0.15, 0.2) is 0 Å². The van der Waals surface area contributed by atoms with E-state index in [1.165, 1.54) is 12.8 Å². The smallest absolute Gasteiger partial charge is 0.0801 e. The van der Waals surface area contributed by atoms with Crippen molar-refractivity contribution in [1.82, 2.24) is 0 Å². The van der Waals surface area contributed by atoms with Gasteiger partial charge in [-0.1, -0.05) is 12.8 Å². The first-order valence-corrected chi connectivity index (χ1v) is 5.09. The maximum atomic E-state index is 9.68. The van der Waals surface area contributed by atoms with Gasteiger partial charge in [0, 0.05) is 7.11 Å². The zero-order valence-electron chi connectivity index (χ0n) is 8.37. The largest absolute Gasteiger partial charge is 0.390 e. The molecule has 3 nitrogen and oxygen atoms in total. The van der Waals surface area contributed by atoms with E-state index in [1.54, 1.807) is 7.11 Å². The van der Waals surface area contributed by atoms with Crippen LogP contribution in [-0.2, 0) is 9.47 Å². The van der Waals surface area contributed by atoms with Crippen molar-refractivity contribution < 1.29 is 14.6 Å². The van der Waals surface area contributed by atoms with Crippen molar-refractivity contribution in [2.45, 2.75) is 31.8 Å². The van der Waals surface area contributed by atoms with Crippen LogP contribution in [0.25, 0.3) is 0 Å². The predicted octanol–water partition coefficient (Wildman–Crippen LogP) is 1.20. The molecule has 0 radical (unpaired) electrons. The topological polar surface area (TPSA) is 38.7 Å². The summed E-state index contributed by atoms with van der Waals surface area (Å²) in [6.45, 7) is 1.66. The lowest BCUT2D eigenvalue weighted by molar-refractivity contribution is -0.00953. The molecule has 0 saturated heterocycles. The van der Waals surface area contributed by atoms with Crippen molar-refractivity contribution in [3.05, 3.63) is 0 Å². The van der Waals surface area contributed by atoms with Crippen molar-refractivity contribution in [2.75, 3.05) is 26.9 Å². The van der Waals surface area contributed by atoms with Gasteiger partial charge in [0.05, 0.1) is 25.9 Å². The lowest BCUT2D eigenvalue weighted by Gasteiger charge is -2.17. The Morgan fingerprint density at radius 1 is 1.31 bits per heavy atom. The highest BCUT2D eigenvalue weighted by Crippen LogP contribution is 2.27. The molecule has 78 valence electrons. The highest BCUT2D eigenvalue weighted by molar-refractivity contribution is 4.74. The minimum atomic E-state index is -0.264. The molecule has 1 unspecified atom stereocenters. The van der Waals surface area contributed by atoms with Crippen LogP contribution < -0.4 is 0 Å². The SMILES string of the molecule is COCCOCC(O)C1CCCC1. The van der Waals surface area contributed by atoms with Crippen LogP contribution in [0, 0.1) is 5.92 Å². The standard InChI is InChI=1S/C10H20O3/c1-12-6-7-13-8-10(11)9-4-2-3-5-9/h9-11H,2-8H2,1H3. The number of ether oxygens (including phenoxy) is 2. The maximum Gasteiger partial charge on any atom is 0.0801 e. The van der Waals surface area contributed by atoms with Crippen LogP contribution in [0.3, 0.4) is 0 Å². The molecule has 0 aromatic carbocycles. The lowest BCUT2D eigenvalue weighted by Crippen LogP contribution is -2.24. The van der Waals surface area contributed by atoms with Gasteiger partial charge in [-0.2, -0.15) is 0 Å². The van der Waals surface area contributed by atoms with Crippen LogP contribution in [0.2, 0.25) is 0 Å². The molecule has 1 aliphatic carbocycles. The molecule has 0 spiro atoms. The Morgan fingerprint density at radius 3 is 2.62 bits per heavy atom. The van der Waals surface area contributed by atoms with Crippen molar-refractivity contribution >= 4 is 0 Å². The van der Waals surface area contributed by atoms with Gasteiger partial charge in [-0.15, -0.1) is 0 Å². The summed E-state index contributed by atoms with van der Waals surface area (Å²) in [5, 5.41) is 9.68. The number of aliphatic hydroxyl groups is 1. The van der Waals surface area contributed by atoms with Gasteiger partial charge in [-0.05, 0) is 18.8 Å². The quantitative estimate of drug-likeness (QED) is 0.637. The number of hydrogen-bond donors (Lipinski definition) is 1. The Balaban J connectivity index is 1.99. The van der Waals surface area contributed by atoms with Crippen LogP contribution in [0.15, 0.2) is 0 Å². The van der Waals surface area contributed by atoms with E-state index in [1.807, 2.05) is 0 Å². The molecule has 1 saturated carbocycles. The van der Waals surface area contributed by atoms with Crippen LogP contribution >= 0.6 is 0 Å². The second-order valence-corrected chi connectivity index (χ2v) is 3.68. The summed E-state index contributed by atoms with van der Waals surface area (Å²) in [6.07, 6.45) is 4.59. The Morgan fingerprint density at radius 2 is 2.00 bits per heavy atom. The summed E-state index contributed by atoms with van der Waals surface area (Å²) in [6, 6.07) is 0. The Kier molecular flexibility index (Phi) is 5.35. The average Bonchev–Trinajstić information content (AvgIpc) is 2.65. The zero-order valence-corrected chi connectivity index (χ0v) is 8.37. The number of methoxy groups -OCH3 is 1. The molecule has 1 atom stereocenters. The molecule has 0 aliphatic heterocycles. The average molecular weight is 188 g/mol. The summed E-state index contributed by atoms with van der Waals surface area (Å²) < 4.78 is 10.1. The summed E-state index contributed by atoms with van der Waals surface area (Å²) in [5.74, 6) is 0.475. The summed E-state index contributed by atoms with van der Waals surface area (Å²) in [4.78, 5) is 0. The lowest BCUT2D eigenvalue weighted by atomic mass is 10.0. The molecular formula is C10H20O3. The van der Waals surface area contributed by atoms with E-state index in [0.717, 1.165) is 12.8 Å². The molecule has 0 aromatic rings. The van der Waals surface area contributed by atoms with Gasteiger partial charge in [0.2, 0.25) is 0 Å². The van der Waals surface area contributed by atoms with E-state index in [0.29, 0.717) is 25.7 Å². The molecule has 13 heavy (non-hydrogen) atoms. The first-order chi connectivity index (χ1) is 6.34. The highest BCUT2D eigenvalue weighted by Gasteiger charge is 2.22. The molecule has 1 rings (SSSR count). The van der Waals surface area contributed by atoms with Crippen molar-refractivity contribution in [3.63, 3.8) is 0 Å². The fourth-order valence-electron chi connectivity index (χ4n) is 1.82. The number of hydrogen-bond acceptors (Lipinski definition) is 3. The van der Waals surface area contributed by atoms with E-state index >= 15 is 0 Å². The molecule has 0 amide bonds. The Bertz CT molecular complexity index is 121. The highest BCUT2D eigenvalue weighted by atomic mass is 16.5. The van der Waals surface area contributed by atoms with Crippen LogP contribution in [-0.4, -0.2) is 38.1 Å². The van der Waals surface area contributed by atoms with Gasteiger partial charge in [-0.25, -0.2) is 0 Å². The van der Waals surface area contributed by atoms with Crippen LogP contribution in [0.1, 0.15) is 25.7 Å². The number of aliphatic hydroxyl groups excluding tert-OH is 1. The van der Waals surface area contributed by atoms with Gasteiger partial charge in [0.25, 0.3) is 0 Å². The number of rotatable bonds is 6. The molecule has 1 aliphatic rings.